The van der Waals surface area contributed by atoms with Crippen molar-refractivity contribution in [2.24, 2.45) is 5.10 Å². The number of carbonyl (C=O) groups excluding carboxylic acids is 1. The van der Waals surface area contributed by atoms with Crippen molar-refractivity contribution >= 4 is 29.1 Å². The van der Waals surface area contributed by atoms with Crippen LogP contribution in [0.15, 0.2) is 65.3 Å². The summed E-state index contributed by atoms with van der Waals surface area (Å²) in [4.78, 5) is 15.2. The van der Waals surface area contributed by atoms with E-state index in [2.05, 4.69) is 23.8 Å². The Morgan fingerprint density at radius 3 is 2.26 bits per heavy atom. The molecule has 1 unspecified atom stereocenters. The molecule has 2 aromatic rings. The Labute approximate surface area is 160 Å². The summed E-state index contributed by atoms with van der Waals surface area (Å²) in [5.41, 5.74) is 3.54. The van der Waals surface area contributed by atoms with Gasteiger partial charge in [0.15, 0.2) is 0 Å². The van der Waals surface area contributed by atoms with E-state index in [1.807, 2.05) is 54.6 Å². The lowest BCUT2D eigenvalue weighted by Gasteiger charge is -2.20. The highest BCUT2D eigenvalue weighted by Gasteiger charge is 2.33. The fourth-order valence-corrected chi connectivity index (χ4v) is 3.16. The van der Waals surface area contributed by atoms with Gasteiger partial charge in [0, 0.05) is 18.8 Å². The summed E-state index contributed by atoms with van der Waals surface area (Å²) in [6.45, 7) is 7.76. The Bertz CT molecular complexity index is 851. The van der Waals surface area contributed by atoms with Crippen LogP contribution in [0.1, 0.15) is 26.3 Å². The third-order valence-electron chi connectivity index (χ3n) is 4.64. The van der Waals surface area contributed by atoms with Crippen LogP contribution >= 0.6 is 0 Å². The zero-order chi connectivity index (χ0) is 19.4. The first-order valence-electron chi connectivity index (χ1n) is 9.28. The van der Waals surface area contributed by atoms with Crippen molar-refractivity contribution in [1.82, 2.24) is 0 Å². The van der Waals surface area contributed by atoms with Crippen molar-refractivity contribution < 1.29 is 9.90 Å². The second-order valence-corrected chi connectivity index (χ2v) is 6.44. The maximum absolute atomic E-state index is 12.9. The molecular weight excluding hydrogens is 338 g/mol. The van der Waals surface area contributed by atoms with E-state index in [9.17, 15) is 9.90 Å². The Morgan fingerprint density at radius 1 is 1.07 bits per heavy atom. The minimum absolute atomic E-state index is 0.232. The van der Waals surface area contributed by atoms with Crippen molar-refractivity contribution in [3.63, 3.8) is 0 Å². The molecule has 2 aromatic carbocycles. The molecule has 0 fully saturated rings. The number of benzene rings is 2. The zero-order valence-corrected chi connectivity index (χ0v) is 16.0. The van der Waals surface area contributed by atoms with Crippen molar-refractivity contribution in [2.75, 3.05) is 23.0 Å². The van der Waals surface area contributed by atoms with Gasteiger partial charge in [-0.3, -0.25) is 4.79 Å². The van der Waals surface area contributed by atoms with E-state index < -0.39 is 6.10 Å². The van der Waals surface area contributed by atoms with Gasteiger partial charge in [0.05, 0.1) is 17.4 Å². The molecule has 0 saturated carbocycles. The molecule has 0 aromatic heterocycles. The van der Waals surface area contributed by atoms with E-state index in [1.54, 1.807) is 13.0 Å². The zero-order valence-electron chi connectivity index (χ0n) is 16.0. The lowest BCUT2D eigenvalue weighted by Crippen LogP contribution is -2.22. The molecule has 1 heterocycles. The van der Waals surface area contributed by atoms with Crippen molar-refractivity contribution in [3.8, 4) is 0 Å². The molecule has 0 aliphatic carbocycles. The number of anilines is 2. The van der Waals surface area contributed by atoms with Gasteiger partial charge >= 0.3 is 0 Å². The molecule has 0 bridgehead atoms. The SMILES string of the molecule is CCN(CC)c1ccc(/C=C2\C(=O)N(c3ccccc3)N=C2C(C)O)cc1. The van der Waals surface area contributed by atoms with Crippen molar-refractivity contribution in [2.45, 2.75) is 26.9 Å². The Morgan fingerprint density at radius 2 is 1.70 bits per heavy atom. The molecule has 5 nitrogen and oxygen atoms in total. The first kappa shape index (κ1) is 18.9. The summed E-state index contributed by atoms with van der Waals surface area (Å²) in [7, 11) is 0. The van der Waals surface area contributed by atoms with Crippen molar-refractivity contribution in [1.29, 1.82) is 0 Å². The normalized spacial score (nSPS) is 16.6. The second kappa shape index (κ2) is 8.18. The molecule has 1 amide bonds. The van der Waals surface area contributed by atoms with E-state index in [0.717, 1.165) is 24.3 Å². The molecule has 140 valence electrons. The fourth-order valence-electron chi connectivity index (χ4n) is 3.16. The van der Waals surface area contributed by atoms with Gasteiger partial charge in [-0.05, 0) is 56.7 Å². The number of para-hydroxylation sites is 1. The molecule has 5 heteroatoms. The smallest absolute Gasteiger partial charge is 0.280 e. The van der Waals surface area contributed by atoms with Crippen LogP contribution in [0.2, 0.25) is 0 Å². The monoisotopic (exact) mass is 363 g/mol. The lowest BCUT2D eigenvalue weighted by atomic mass is 10.0. The fraction of sp³-hybridized carbons (Fsp3) is 0.273. The molecule has 0 radical (unpaired) electrons. The van der Waals surface area contributed by atoms with Gasteiger partial charge < -0.3 is 10.0 Å². The summed E-state index contributed by atoms with van der Waals surface area (Å²) >= 11 is 0. The Balaban J connectivity index is 1.92. The minimum atomic E-state index is -0.830. The van der Waals surface area contributed by atoms with Crippen LogP contribution in [0.25, 0.3) is 6.08 Å². The van der Waals surface area contributed by atoms with Gasteiger partial charge in [-0.25, -0.2) is 0 Å². The number of hydrogen-bond acceptors (Lipinski definition) is 4. The summed E-state index contributed by atoms with van der Waals surface area (Å²) < 4.78 is 0. The Hall–Kier alpha value is -2.92. The van der Waals surface area contributed by atoms with Crippen LogP contribution < -0.4 is 9.91 Å². The average molecular weight is 363 g/mol. The summed E-state index contributed by atoms with van der Waals surface area (Å²) in [5, 5.41) is 15.8. The third kappa shape index (κ3) is 3.93. The predicted molar refractivity (Wildman–Crippen MR) is 111 cm³/mol. The van der Waals surface area contributed by atoms with Gasteiger partial charge in [-0.15, -0.1) is 0 Å². The number of amides is 1. The molecule has 0 saturated heterocycles. The highest BCUT2D eigenvalue weighted by atomic mass is 16.3. The number of aliphatic hydroxyl groups excluding tert-OH is 1. The average Bonchev–Trinajstić information content (AvgIpc) is 3.01. The van der Waals surface area contributed by atoms with Crippen LogP contribution in [0.4, 0.5) is 11.4 Å². The van der Waals surface area contributed by atoms with Gasteiger partial charge in [-0.1, -0.05) is 30.3 Å². The highest BCUT2D eigenvalue weighted by Crippen LogP contribution is 2.26. The van der Waals surface area contributed by atoms with E-state index in [4.69, 9.17) is 0 Å². The number of hydrogen-bond donors (Lipinski definition) is 1. The lowest BCUT2D eigenvalue weighted by molar-refractivity contribution is -0.114. The van der Waals surface area contributed by atoms with Crippen LogP contribution in [0.5, 0.6) is 0 Å². The highest BCUT2D eigenvalue weighted by molar-refractivity contribution is 6.33. The van der Waals surface area contributed by atoms with Gasteiger partial charge in [0.1, 0.15) is 5.71 Å². The van der Waals surface area contributed by atoms with E-state index in [1.165, 1.54) is 5.01 Å². The number of rotatable bonds is 6. The predicted octanol–water partition coefficient (Wildman–Crippen LogP) is 3.70. The molecule has 1 N–H and O–H groups in total. The van der Waals surface area contributed by atoms with Gasteiger partial charge in [0.2, 0.25) is 0 Å². The summed E-state index contributed by atoms with van der Waals surface area (Å²) in [5.74, 6) is -0.232. The molecule has 3 rings (SSSR count). The molecule has 0 spiro atoms. The summed E-state index contributed by atoms with van der Waals surface area (Å²) in [6.07, 6.45) is 0.965. The third-order valence-corrected chi connectivity index (χ3v) is 4.64. The molecule has 1 atom stereocenters. The van der Waals surface area contributed by atoms with E-state index >= 15 is 0 Å². The maximum atomic E-state index is 12.9. The molecule has 27 heavy (non-hydrogen) atoms. The van der Waals surface area contributed by atoms with Gasteiger partial charge in [-0.2, -0.15) is 10.1 Å². The Kier molecular flexibility index (Phi) is 5.72. The standard InChI is InChI=1S/C22H25N3O2/c1-4-24(5-2)18-13-11-17(12-14-18)15-20-21(16(3)26)23-25(22(20)27)19-9-7-6-8-10-19/h6-16,26H,4-5H2,1-3H3/b20-15-. The number of hydrazone groups is 1. The molecular formula is C22H25N3O2. The first-order chi connectivity index (χ1) is 13.0. The second-order valence-electron chi connectivity index (χ2n) is 6.44. The maximum Gasteiger partial charge on any atom is 0.280 e. The largest absolute Gasteiger partial charge is 0.387 e. The topological polar surface area (TPSA) is 56.1 Å². The quantitative estimate of drug-likeness (QED) is 0.796. The van der Waals surface area contributed by atoms with Crippen LogP contribution in [-0.4, -0.2) is 35.9 Å². The number of nitrogens with zero attached hydrogens (tertiary/aromatic N) is 3. The summed E-state index contributed by atoms with van der Waals surface area (Å²) in [6, 6.07) is 17.3. The molecule has 1 aliphatic rings. The van der Waals surface area contributed by atoms with Crippen LogP contribution in [-0.2, 0) is 4.79 Å². The first-order valence-corrected chi connectivity index (χ1v) is 9.28. The minimum Gasteiger partial charge on any atom is -0.387 e. The van der Waals surface area contributed by atoms with Gasteiger partial charge in [0.25, 0.3) is 5.91 Å². The van der Waals surface area contributed by atoms with E-state index in [-0.39, 0.29) is 5.91 Å². The van der Waals surface area contributed by atoms with Crippen molar-refractivity contribution in [3.05, 3.63) is 65.7 Å². The molecule has 1 aliphatic heterocycles. The number of aliphatic hydroxyl groups is 1. The van der Waals surface area contributed by atoms with E-state index in [0.29, 0.717) is 17.0 Å². The number of carbonyl (C=O) groups is 1. The van der Waals surface area contributed by atoms with Crippen LogP contribution in [0, 0.1) is 0 Å². The van der Waals surface area contributed by atoms with Crippen LogP contribution in [0.3, 0.4) is 0 Å².